The van der Waals surface area contributed by atoms with Crippen molar-refractivity contribution in [2.75, 3.05) is 13.1 Å². The third kappa shape index (κ3) is 4.63. The molecule has 5 nitrogen and oxygen atoms in total. The lowest BCUT2D eigenvalue weighted by Gasteiger charge is -2.06. The molecule has 1 aromatic carbocycles. The van der Waals surface area contributed by atoms with Crippen LogP contribution in [0.3, 0.4) is 0 Å². The van der Waals surface area contributed by atoms with Gasteiger partial charge in [-0.15, -0.1) is 11.3 Å². The molecule has 0 atom stereocenters. The van der Waals surface area contributed by atoms with E-state index >= 15 is 0 Å². The number of amides is 1. The number of aryl methyl sites for hydroxylation is 1. The van der Waals surface area contributed by atoms with Crippen molar-refractivity contribution in [1.82, 2.24) is 10.0 Å². The van der Waals surface area contributed by atoms with Gasteiger partial charge in [0.15, 0.2) is 0 Å². The Bertz CT molecular complexity index is 768. The minimum absolute atomic E-state index is 0.178. The number of rotatable bonds is 7. The quantitative estimate of drug-likeness (QED) is 0.803. The Labute approximate surface area is 140 Å². The zero-order valence-electron chi connectivity index (χ0n) is 13.1. The van der Waals surface area contributed by atoms with E-state index in [1.54, 1.807) is 6.92 Å². The Morgan fingerprint density at radius 3 is 2.57 bits per heavy atom. The fourth-order valence-electron chi connectivity index (χ4n) is 2.14. The van der Waals surface area contributed by atoms with Gasteiger partial charge in [-0.25, -0.2) is 13.1 Å². The topological polar surface area (TPSA) is 75.3 Å². The van der Waals surface area contributed by atoms with Crippen molar-refractivity contribution < 1.29 is 13.2 Å². The van der Waals surface area contributed by atoms with Crippen LogP contribution in [0.2, 0.25) is 0 Å². The highest BCUT2D eigenvalue weighted by Gasteiger charge is 2.21. The Balaban J connectivity index is 2.06. The molecule has 0 spiro atoms. The van der Waals surface area contributed by atoms with Gasteiger partial charge in [0.25, 0.3) is 5.91 Å². The number of carbonyl (C=O) groups is 1. The monoisotopic (exact) mass is 352 g/mol. The van der Waals surface area contributed by atoms with Crippen LogP contribution in [-0.4, -0.2) is 27.4 Å². The number of thiophene rings is 1. The molecule has 0 bridgehead atoms. The van der Waals surface area contributed by atoms with Crippen LogP contribution < -0.4 is 10.0 Å². The van der Waals surface area contributed by atoms with Crippen molar-refractivity contribution in [2.45, 2.75) is 25.2 Å². The summed E-state index contributed by atoms with van der Waals surface area (Å²) in [5, 5.41) is 2.67. The largest absolute Gasteiger partial charge is 0.352 e. The summed E-state index contributed by atoms with van der Waals surface area (Å²) in [5.74, 6) is -0.244. The second-order valence-electron chi connectivity index (χ2n) is 5.02. The maximum absolute atomic E-state index is 12.4. The Morgan fingerprint density at radius 2 is 1.91 bits per heavy atom. The van der Waals surface area contributed by atoms with Crippen LogP contribution in [0.1, 0.15) is 27.0 Å². The Kier molecular flexibility index (Phi) is 5.92. The first-order chi connectivity index (χ1) is 10.9. The Hall–Kier alpha value is -1.70. The molecule has 124 valence electrons. The predicted molar refractivity (Wildman–Crippen MR) is 92.4 cm³/mol. The number of hydrogen-bond donors (Lipinski definition) is 2. The van der Waals surface area contributed by atoms with Crippen LogP contribution in [0.15, 0.2) is 41.3 Å². The zero-order valence-corrected chi connectivity index (χ0v) is 14.8. The highest BCUT2D eigenvalue weighted by molar-refractivity contribution is 7.89. The van der Waals surface area contributed by atoms with Crippen molar-refractivity contribution in [3.63, 3.8) is 0 Å². The molecule has 0 fully saturated rings. The smallest absolute Gasteiger partial charge is 0.261 e. The van der Waals surface area contributed by atoms with E-state index < -0.39 is 10.0 Å². The molecule has 1 amide bonds. The molecule has 0 saturated heterocycles. The summed E-state index contributed by atoms with van der Waals surface area (Å²) in [5.41, 5.74) is 1.07. The summed E-state index contributed by atoms with van der Waals surface area (Å²) in [6, 6.07) is 11.1. The van der Waals surface area contributed by atoms with Crippen molar-refractivity contribution in [2.24, 2.45) is 0 Å². The molecule has 0 aliphatic rings. The van der Waals surface area contributed by atoms with Gasteiger partial charge in [-0.1, -0.05) is 30.3 Å². The lowest BCUT2D eigenvalue weighted by atomic mass is 10.2. The molecule has 2 aromatic rings. The van der Waals surface area contributed by atoms with Crippen molar-refractivity contribution >= 4 is 27.3 Å². The SMILES string of the molecule is CCNC(=O)c1cc(S(=O)(=O)NCCc2ccccc2)c(C)s1. The summed E-state index contributed by atoms with van der Waals surface area (Å²) in [6.45, 7) is 4.35. The number of hydrogen-bond acceptors (Lipinski definition) is 4. The summed E-state index contributed by atoms with van der Waals surface area (Å²) in [4.78, 5) is 13.0. The van der Waals surface area contributed by atoms with E-state index in [0.29, 0.717) is 29.3 Å². The highest BCUT2D eigenvalue weighted by Crippen LogP contribution is 2.25. The van der Waals surface area contributed by atoms with Gasteiger partial charge < -0.3 is 5.32 Å². The average Bonchev–Trinajstić information content (AvgIpc) is 2.91. The Morgan fingerprint density at radius 1 is 1.22 bits per heavy atom. The van der Waals surface area contributed by atoms with Gasteiger partial charge in [0, 0.05) is 18.0 Å². The van der Waals surface area contributed by atoms with Gasteiger partial charge in [-0.2, -0.15) is 0 Å². The lowest BCUT2D eigenvalue weighted by molar-refractivity contribution is 0.0959. The fraction of sp³-hybridized carbons (Fsp3) is 0.312. The minimum Gasteiger partial charge on any atom is -0.352 e. The number of benzene rings is 1. The van der Waals surface area contributed by atoms with Crippen molar-refractivity contribution in [1.29, 1.82) is 0 Å². The molecule has 1 aromatic heterocycles. The first-order valence-electron chi connectivity index (χ1n) is 7.36. The van der Waals surface area contributed by atoms with Crippen LogP contribution >= 0.6 is 11.3 Å². The van der Waals surface area contributed by atoms with Gasteiger partial charge >= 0.3 is 0 Å². The van der Waals surface area contributed by atoms with E-state index in [1.807, 2.05) is 37.3 Å². The van der Waals surface area contributed by atoms with Crippen LogP contribution in [0.25, 0.3) is 0 Å². The van der Waals surface area contributed by atoms with Crippen molar-refractivity contribution in [3.05, 3.63) is 51.7 Å². The van der Waals surface area contributed by atoms with Crippen LogP contribution in [-0.2, 0) is 16.4 Å². The van der Waals surface area contributed by atoms with E-state index in [9.17, 15) is 13.2 Å². The third-order valence-electron chi connectivity index (χ3n) is 3.27. The van der Waals surface area contributed by atoms with Gasteiger partial charge in [0.1, 0.15) is 0 Å². The molecule has 0 unspecified atom stereocenters. The molecule has 2 rings (SSSR count). The van der Waals surface area contributed by atoms with Gasteiger partial charge in [-0.3, -0.25) is 4.79 Å². The highest BCUT2D eigenvalue weighted by atomic mass is 32.2. The molecular weight excluding hydrogens is 332 g/mol. The standard InChI is InChI=1S/C16H20N2O3S2/c1-3-17-16(19)14-11-15(12(2)22-14)23(20,21)18-10-9-13-7-5-4-6-8-13/h4-8,11,18H,3,9-10H2,1-2H3,(H,17,19). The summed E-state index contributed by atoms with van der Waals surface area (Å²) in [6.07, 6.45) is 0.617. The maximum Gasteiger partial charge on any atom is 0.261 e. The minimum atomic E-state index is -3.61. The lowest BCUT2D eigenvalue weighted by Crippen LogP contribution is -2.26. The molecule has 0 radical (unpaired) electrons. The molecule has 7 heteroatoms. The van der Waals surface area contributed by atoms with Gasteiger partial charge in [0.05, 0.1) is 9.77 Å². The number of sulfonamides is 1. The van der Waals surface area contributed by atoms with E-state index in [-0.39, 0.29) is 10.8 Å². The number of carbonyl (C=O) groups excluding carboxylic acids is 1. The van der Waals surface area contributed by atoms with Crippen LogP contribution in [0, 0.1) is 6.92 Å². The normalized spacial score (nSPS) is 11.4. The van der Waals surface area contributed by atoms with Crippen molar-refractivity contribution in [3.8, 4) is 0 Å². The maximum atomic E-state index is 12.4. The van der Waals surface area contributed by atoms with E-state index in [2.05, 4.69) is 10.0 Å². The van der Waals surface area contributed by atoms with E-state index in [4.69, 9.17) is 0 Å². The van der Waals surface area contributed by atoms with E-state index in [0.717, 1.165) is 5.56 Å². The molecular formula is C16H20N2O3S2. The molecule has 23 heavy (non-hydrogen) atoms. The predicted octanol–water partition coefficient (Wildman–Crippen LogP) is 2.33. The summed E-state index contributed by atoms with van der Waals surface area (Å²) < 4.78 is 27.4. The summed E-state index contributed by atoms with van der Waals surface area (Å²) >= 11 is 1.19. The van der Waals surface area contributed by atoms with Gasteiger partial charge in [0.2, 0.25) is 10.0 Å². The average molecular weight is 352 g/mol. The van der Waals surface area contributed by atoms with Gasteiger partial charge in [-0.05, 0) is 31.9 Å². The third-order valence-corrected chi connectivity index (χ3v) is 6.04. The zero-order chi connectivity index (χ0) is 16.9. The first kappa shape index (κ1) is 17.7. The molecule has 0 aliphatic carbocycles. The second kappa shape index (κ2) is 7.72. The first-order valence-corrected chi connectivity index (χ1v) is 9.66. The fourth-order valence-corrected chi connectivity index (χ4v) is 4.68. The molecule has 0 aliphatic heterocycles. The number of nitrogens with one attached hydrogen (secondary N) is 2. The second-order valence-corrected chi connectivity index (χ2v) is 8.02. The molecule has 1 heterocycles. The molecule has 2 N–H and O–H groups in total. The van der Waals surface area contributed by atoms with Crippen LogP contribution in [0.5, 0.6) is 0 Å². The molecule has 0 saturated carbocycles. The van der Waals surface area contributed by atoms with Crippen LogP contribution in [0.4, 0.5) is 0 Å². The van der Waals surface area contributed by atoms with E-state index in [1.165, 1.54) is 17.4 Å². The summed E-state index contributed by atoms with van der Waals surface area (Å²) in [7, 11) is -3.61.